The molecular weight excluding hydrogens is 318 g/mol. The van der Waals surface area contributed by atoms with Gasteiger partial charge in [-0.3, -0.25) is 5.10 Å². The molecule has 0 aliphatic rings. The topological polar surface area (TPSA) is 61.8 Å². The molecular formula is C16H14ClN3OS. The Morgan fingerprint density at radius 2 is 1.68 bits per heavy atom. The van der Waals surface area contributed by atoms with Gasteiger partial charge in [0.2, 0.25) is 5.16 Å². The Balaban J connectivity index is 1.65. The van der Waals surface area contributed by atoms with Crippen molar-refractivity contribution < 1.29 is 5.11 Å². The maximum atomic E-state index is 9.03. The summed E-state index contributed by atoms with van der Waals surface area (Å²) in [6.45, 7) is 0.0683. The minimum Gasteiger partial charge on any atom is -0.392 e. The Morgan fingerprint density at radius 1 is 1.00 bits per heavy atom. The Kier molecular flexibility index (Phi) is 4.77. The molecule has 1 heterocycles. The highest BCUT2D eigenvalue weighted by molar-refractivity contribution is 7.98. The van der Waals surface area contributed by atoms with Crippen molar-refractivity contribution in [2.75, 3.05) is 0 Å². The fraction of sp³-hybridized carbons (Fsp3) is 0.125. The van der Waals surface area contributed by atoms with Gasteiger partial charge in [-0.1, -0.05) is 47.6 Å². The van der Waals surface area contributed by atoms with Crippen LogP contribution in [0, 0.1) is 0 Å². The number of nitrogens with one attached hydrogen (secondary N) is 1. The number of rotatable bonds is 5. The van der Waals surface area contributed by atoms with Crippen molar-refractivity contribution in [2.24, 2.45) is 0 Å². The van der Waals surface area contributed by atoms with Gasteiger partial charge in [-0.2, -0.15) is 0 Å². The summed E-state index contributed by atoms with van der Waals surface area (Å²) in [6, 6.07) is 15.3. The van der Waals surface area contributed by atoms with Gasteiger partial charge in [0.15, 0.2) is 5.82 Å². The SMILES string of the molecule is OCc1ccc(CSc2n[nH]c(-c3ccc(Cl)cc3)n2)cc1. The van der Waals surface area contributed by atoms with Crippen LogP contribution in [0.3, 0.4) is 0 Å². The molecule has 22 heavy (non-hydrogen) atoms. The van der Waals surface area contributed by atoms with Crippen LogP contribution in [0.5, 0.6) is 0 Å². The highest BCUT2D eigenvalue weighted by Crippen LogP contribution is 2.23. The van der Waals surface area contributed by atoms with Gasteiger partial charge in [0.05, 0.1) is 6.61 Å². The maximum absolute atomic E-state index is 9.03. The van der Waals surface area contributed by atoms with E-state index in [1.54, 1.807) is 11.8 Å². The molecule has 0 radical (unpaired) electrons. The Hall–Kier alpha value is -1.82. The summed E-state index contributed by atoms with van der Waals surface area (Å²) in [5, 5.41) is 17.6. The van der Waals surface area contributed by atoms with Gasteiger partial charge in [-0.25, -0.2) is 4.98 Å². The molecule has 6 heteroatoms. The molecule has 0 saturated carbocycles. The Labute approximate surface area is 137 Å². The van der Waals surface area contributed by atoms with Crippen LogP contribution in [0.1, 0.15) is 11.1 Å². The van der Waals surface area contributed by atoms with Crippen LogP contribution in [0.2, 0.25) is 5.02 Å². The molecule has 3 aromatic rings. The number of aromatic amines is 1. The number of hydrogen-bond donors (Lipinski definition) is 2. The number of H-pyrrole nitrogens is 1. The lowest BCUT2D eigenvalue weighted by Crippen LogP contribution is -1.85. The van der Waals surface area contributed by atoms with Gasteiger partial charge in [0, 0.05) is 16.3 Å². The van der Waals surface area contributed by atoms with E-state index in [2.05, 4.69) is 15.2 Å². The van der Waals surface area contributed by atoms with Crippen molar-refractivity contribution in [1.29, 1.82) is 0 Å². The summed E-state index contributed by atoms with van der Waals surface area (Å²) in [4.78, 5) is 4.47. The number of aliphatic hydroxyl groups is 1. The van der Waals surface area contributed by atoms with Gasteiger partial charge >= 0.3 is 0 Å². The molecule has 4 nitrogen and oxygen atoms in total. The summed E-state index contributed by atoms with van der Waals surface area (Å²) in [7, 11) is 0. The molecule has 0 fully saturated rings. The molecule has 0 unspecified atom stereocenters. The lowest BCUT2D eigenvalue weighted by molar-refractivity contribution is 0.282. The quantitative estimate of drug-likeness (QED) is 0.696. The van der Waals surface area contributed by atoms with Crippen LogP contribution >= 0.6 is 23.4 Å². The van der Waals surface area contributed by atoms with E-state index in [-0.39, 0.29) is 6.61 Å². The van der Waals surface area contributed by atoms with Crippen molar-refractivity contribution in [3.63, 3.8) is 0 Å². The summed E-state index contributed by atoms with van der Waals surface area (Å²) >= 11 is 7.44. The second kappa shape index (κ2) is 6.96. The van der Waals surface area contributed by atoms with Crippen molar-refractivity contribution in [3.8, 4) is 11.4 Å². The highest BCUT2D eigenvalue weighted by atomic mass is 35.5. The standard InChI is InChI=1S/C16H14ClN3OS/c17-14-7-5-13(6-8-14)15-18-16(20-19-15)22-10-12-3-1-11(9-21)2-4-12/h1-8,21H,9-10H2,(H,18,19,20). The minimum atomic E-state index is 0.0683. The van der Waals surface area contributed by atoms with Gasteiger partial charge in [0.1, 0.15) is 0 Å². The molecule has 0 atom stereocenters. The average Bonchev–Trinajstić information content (AvgIpc) is 3.03. The largest absolute Gasteiger partial charge is 0.392 e. The molecule has 0 aliphatic carbocycles. The third-order valence-electron chi connectivity index (χ3n) is 3.16. The monoisotopic (exact) mass is 331 g/mol. The van der Waals surface area contributed by atoms with E-state index in [9.17, 15) is 0 Å². The van der Waals surface area contributed by atoms with Gasteiger partial charge in [-0.05, 0) is 35.4 Å². The third-order valence-corrected chi connectivity index (χ3v) is 4.33. The van der Waals surface area contributed by atoms with Crippen molar-refractivity contribution in [2.45, 2.75) is 17.5 Å². The molecule has 2 aromatic carbocycles. The smallest absolute Gasteiger partial charge is 0.209 e. The molecule has 2 N–H and O–H groups in total. The molecule has 0 spiro atoms. The summed E-state index contributed by atoms with van der Waals surface area (Å²) in [5.74, 6) is 1.51. The molecule has 0 saturated heterocycles. The number of aromatic nitrogens is 3. The van der Waals surface area contributed by atoms with Crippen LogP contribution in [0.4, 0.5) is 0 Å². The Morgan fingerprint density at radius 3 is 2.36 bits per heavy atom. The second-order valence-electron chi connectivity index (χ2n) is 4.74. The maximum Gasteiger partial charge on any atom is 0.209 e. The molecule has 0 bridgehead atoms. The zero-order valence-corrected chi connectivity index (χ0v) is 13.2. The van der Waals surface area contributed by atoms with Crippen LogP contribution in [0.25, 0.3) is 11.4 Å². The van der Waals surface area contributed by atoms with Gasteiger partial charge in [0.25, 0.3) is 0 Å². The van der Waals surface area contributed by atoms with Crippen molar-refractivity contribution >= 4 is 23.4 Å². The molecule has 0 amide bonds. The van der Waals surface area contributed by atoms with Gasteiger partial charge < -0.3 is 5.11 Å². The first-order valence-corrected chi connectivity index (χ1v) is 8.11. The first-order valence-electron chi connectivity index (χ1n) is 6.74. The number of nitrogens with zero attached hydrogens (tertiary/aromatic N) is 2. The van der Waals surface area contributed by atoms with E-state index in [1.165, 1.54) is 5.56 Å². The van der Waals surface area contributed by atoms with Crippen molar-refractivity contribution in [1.82, 2.24) is 15.2 Å². The van der Waals surface area contributed by atoms with E-state index >= 15 is 0 Å². The number of aliphatic hydroxyl groups excluding tert-OH is 1. The second-order valence-corrected chi connectivity index (χ2v) is 6.12. The van der Waals surface area contributed by atoms with E-state index in [0.717, 1.165) is 22.7 Å². The summed E-state index contributed by atoms with van der Waals surface area (Å²) in [6.07, 6.45) is 0. The molecule has 3 rings (SSSR count). The van der Waals surface area contributed by atoms with E-state index in [1.807, 2.05) is 48.5 Å². The molecule has 0 aliphatic heterocycles. The predicted octanol–water partition coefficient (Wildman–Crippen LogP) is 3.91. The molecule has 1 aromatic heterocycles. The first-order chi connectivity index (χ1) is 10.7. The van der Waals surface area contributed by atoms with Crippen LogP contribution in [-0.2, 0) is 12.4 Å². The van der Waals surface area contributed by atoms with E-state index < -0.39 is 0 Å². The zero-order chi connectivity index (χ0) is 15.4. The number of thioether (sulfide) groups is 1. The predicted molar refractivity (Wildman–Crippen MR) is 88.8 cm³/mol. The summed E-state index contributed by atoms with van der Waals surface area (Å²) in [5.41, 5.74) is 3.03. The van der Waals surface area contributed by atoms with E-state index in [4.69, 9.17) is 16.7 Å². The van der Waals surface area contributed by atoms with Crippen LogP contribution in [0.15, 0.2) is 53.7 Å². The summed E-state index contributed by atoms with van der Waals surface area (Å²) < 4.78 is 0. The highest BCUT2D eigenvalue weighted by Gasteiger charge is 2.06. The Bertz CT molecular complexity index is 741. The lowest BCUT2D eigenvalue weighted by Gasteiger charge is -2.00. The first kappa shape index (κ1) is 15.1. The average molecular weight is 332 g/mol. The van der Waals surface area contributed by atoms with Crippen LogP contribution in [-0.4, -0.2) is 20.3 Å². The molecule has 112 valence electrons. The number of hydrogen-bond acceptors (Lipinski definition) is 4. The normalized spacial score (nSPS) is 10.8. The van der Waals surface area contributed by atoms with Crippen LogP contribution < -0.4 is 0 Å². The minimum absolute atomic E-state index is 0.0683. The fourth-order valence-corrected chi connectivity index (χ4v) is 2.82. The number of benzene rings is 2. The third kappa shape index (κ3) is 3.68. The van der Waals surface area contributed by atoms with Gasteiger partial charge in [-0.15, -0.1) is 5.10 Å². The number of halogens is 1. The van der Waals surface area contributed by atoms with Crippen molar-refractivity contribution in [3.05, 3.63) is 64.7 Å². The zero-order valence-electron chi connectivity index (χ0n) is 11.7. The van der Waals surface area contributed by atoms with E-state index in [0.29, 0.717) is 10.2 Å². The lowest BCUT2D eigenvalue weighted by atomic mass is 10.2. The fourth-order valence-electron chi connectivity index (χ4n) is 1.94.